The molecule has 0 radical (unpaired) electrons. The number of aldehydes is 1. The molecule has 5 rings (SSSR count). The maximum Gasteiger partial charge on any atom is 0.226 e. The van der Waals surface area contributed by atoms with Crippen molar-refractivity contribution in [1.82, 2.24) is 4.90 Å². The van der Waals surface area contributed by atoms with Gasteiger partial charge in [0.1, 0.15) is 18.3 Å². The van der Waals surface area contributed by atoms with Gasteiger partial charge in [0.05, 0.1) is 12.6 Å². The number of nitrogens with zero attached hydrogens (tertiary/aromatic N) is 1. The third-order valence-electron chi connectivity index (χ3n) is 5.87. The highest BCUT2D eigenvalue weighted by Crippen LogP contribution is 2.61. The number of rotatable bonds is 3. The van der Waals surface area contributed by atoms with Gasteiger partial charge in [0.15, 0.2) is 0 Å². The van der Waals surface area contributed by atoms with Gasteiger partial charge in [0, 0.05) is 17.8 Å². The van der Waals surface area contributed by atoms with E-state index in [0.717, 1.165) is 19.1 Å². The summed E-state index contributed by atoms with van der Waals surface area (Å²) in [6.45, 7) is 0.0668. The van der Waals surface area contributed by atoms with Crippen LogP contribution in [0.15, 0.2) is 24.3 Å². The Hall–Kier alpha value is -1.78. The molecule has 1 aromatic rings. The fourth-order valence-electron chi connectivity index (χ4n) is 4.74. The molecule has 3 saturated carbocycles. The Bertz CT molecular complexity index is 656. The molecule has 1 amide bonds. The molecule has 4 aliphatic rings. The van der Waals surface area contributed by atoms with Gasteiger partial charge in [-0.2, -0.15) is 0 Å². The average Bonchev–Trinajstić information content (AvgIpc) is 3.16. The van der Waals surface area contributed by atoms with Gasteiger partial charge in [0.2, 0.25) is 5.91 Å². The van der Waals surface area contributed by atoms with E-state index in [1.54, 1.807) is 17.0 Å². The van der Waals surface area contributed by atoms with Crippen molar-refractivity contribution >= 4 is 12.2 Å². The third kappa shape index (κ3) is 2.28. The minimum absolute atomic E-state index is 0.0642. The molecule has 0 aromatic heterocycles. The number of halogens is 2. The maximum atomic E-state index is 14.0. The van der Waals surface area contributed by atoms with Gasteiger partial charge in [-0.25, -0.2) is 8.78 Å². The summed E-state index contributed by atoms with van der Waals surface area (Å²) < 4.78 is 27.4. The first-order chi connectivity index (χ1) is 11.0. The predicted octanol–water partition coefficient (Wildman–Crippen LogP) is 3.05. The van der Waals surface area contributed by atoms with Crippen LogP contribution in [0.3, 0.4) is 0 Å². The van der Waals surface area contributed by atoms with Gasteiger partial charge in [-0.15, -0.1) is 0 Å². The van der Waals surface area contributed by atoms with Crippen molar-refractivity contribution in [3.63, 3.8) is 0 Å². The second-order valence-corrected chi connectivity index (χ2v) is 7.35. The zero-order chi connectivity index (χ0) is 16.2. The summed E-state index contributed by atoms with van der Waals surface area (Å²) in [6, 6.07) is 5.65. The van der Waals surface area contributed by atoms with E-state index in [1.165, 1.54) is 12.1 Å². The predicted molar refractivity (Wildman–Crippen MR) is 79.7 cm³/mol. The van der Waals surface area contributed by atoms with Crippen LogP contribution >= 0.6 is 0 Å². The van der Waals surface area contributed by atoms with Crippen molar-refractivity contribution in [2.45, 2.75) is 37.9 Å². The van der Waals surface area contributed by atoms with E-state index >= 15 is 0 Å². The highest BCUT2D eigenvalue weighted by Gasteiger charge is 2.59. The first-order valence-electron chi connectivity index (χ1n) is 8.18. The molecule has 1 aromatic carbocycles. The Morgan fingerprint density at radius 1 is 1.30 bits per heavy atom. The van der Waals surface area contributed by atoms with E-state index in [1.807, 2.05) is 0 Å². The van der Waals surface area contributed by atoms with E-state index in [9.17, 15) is 18.4 Å². The topological polar surface area (TPSA) is 37.4 Å². The molecule has 0 spiro atoms. The highest BCUT2D eigenvalue weighted by molar-refractivity contribution is 5.83. The van der Waals surface area contributed by atoms with Crippen LogP contribution in [-0.4, -0.2) is 29.8 Å². The fourth-order valence-corrected chi connectivity index (χ4v) is 4.74. The van der Waals surface area contributed by atoms with E-state index < -0.39 is 12.2 Å². The summed E-state index contributed by atoms with van der Waals surface area (Å²) >= 11 is 0. The van der Waals surface area contributed by atoms with Crippen LogP contribution in [0.5, 0.6) is 0 Å². The number of hydrogen-bond donors (Lipinski definition) is 0. The Kier molecular flexibility index (Phi) is 3.29. The second kappa shape index (κ2) is 5.11. The minimum Gasteiger partial charge on any atom is -0.332 e. The van der Waals surface area contributed by atoms with Crippen LogP contribution in [0.4, 0.5) is 8.78 Å². The summed E-state index contributed by atoms with van der Waals surface area (Å²) in [5.41, 5.74) is 0.336. The number of carbonyl (C=O) groups is 2. The smallest absolute Gasteiger partial charge is 0.226 e. The first-order valence-corrected chi connectivity index (χ1v) is 8.18. The number of hydrogen-bond acceptors (Lipinski definition) is 2. The molecule has 2 unspecified atom stereocenters. The van der Waals surface area contributed by atoms with Crippen molar-refractivity contribution in [3.8, 4) is 0 Å². The van der Waals surface area contributed by atoms with Crippen molar-refractivity contribution in [3.05, 3.63) is 35.6 Å². The van der Waals surface area contributed by atoms with Crippen molar-refractivity contribution in [2.75, 3.05) is 6.54 Å². The highest BCUT2D eigenvalue weighted by atomic mass is 19.1. The van der Waals surface area contributed by atoms with Crippen molar-refractivity contribution in [1.29, 1.82) is 0 Å². The molecule has 4 fully saturated rings. The summed E-state index contributed by atoms with van der Waals surface area (Å²) in [5, 5.41) is 0. The third-order valence-corrected chi connectivity index (χ3v) is 5.87. The molecule has 5 heteroatoms. The van der Waals surface area contributed by atoms with Crippen LogP contribution in [0.2, 0.25) is 0 Å². The summed E-state index contributed by atoms with van der Waals surface area (Å²) in [5.74, 6) is -0.369. The van der Waals surface area contributed by atoms with Crippen LogP contribution in [-0.2, 0) is 9.59 Å². The number of benzene rings is 1. The molecule has 0 N–H and O–H groups in total. The number of likely N-dealkylation sites (tertiary alicyclic amines) is 1. The summed E-state index contributed by atoms with van der Waals surface area (Å²) in [4.78, 5) is 25.7. The lowest BCUT2D eigenvalue weighted by atomic mass is 9.70. The van der Waals surface area contributed by atoms with Gasteiger partial charge in [0.25, 0.3) is 0 Å². The normalized spacial score (nSPS) is 38.4. The molecule has 1 heterocycles. The van der Waals surface area contributed by atoms with Gasteiger partial charge < -0.3 is 9.69 Å². The first kappa shape index (κ1) is 14.8. The molecule has 1 saturated heterocycles. The van der Waals surface area contributed by atoms with Crippen molar-refractivity contribution < 1.29 is 18.4 Å². The zero-order valence-electron chi connectivity index (χ0n) is 12.8. The fraction of sp³-hybridized carbons (Fsp3) is 0.556. The molecular weight excluding hydrogens is 300 g/mol. The van der Waals surface area contributed by atoms with E-state index in [-0.39, 0.29) is 41.9 Å². The quantitative estimate of drug-likeness (QED) is 0.803. The average molecular weight is 319 g/mol. The lowest BCUT2D eigenvalue weighted by molar-refractivity contribution is -0.137. The SMILES string of the molecule is O=CC12CC(C1)[C@@H](C(=O)N1CC(F)CC1c1cccc(F)c1)C2. The number of fused-ring (bicyclic) bond motifs is 1. The lowest BCUT2D eigenvalue weighted by Gasteiger charge is -2.33. The molecule has 3 aliphatic carbocycles. The Morgan fingerprint density at radius 2 is 2.09 bits per heavy atom. The summed E-state index contributed by atoms with van der Waals surface area (Å²) in [6.07, 6.45) is 2.27. The molecule has 122 valence electrons. The van der Waals surface area contributed by atoms with Crippen LogP contribution in [0.1, 0.15) is 37.3 Å². The molecule has 1 aliphatic heterocycles. The number of alkyl halides is 1. The Balaban J connectivity index is 1.57. The Labute approximate surface area is 133 Å². The van der Waals surface area contributed by atoms with E-state index in [0.29, 0.717) is 12.0 Å². The van der Waals surface area contributed by atoms with Crippen LogP contribution in [0.25, 0.3) is 0 Å². The van der Waals surface area contributed by atoms with Gasteiger partial charge in [-0.1, -0.05) is 12.1 Å². The standard InChI is InChI=1S/C18H19F2NO2/c19-13-3-1-2-11(4-13)16-5-14(20)9-21(16)17(23)15-8-18(10-22)6-12(15)7-18/h1-4,10,12,14-16H,5-9H2/t12?,14?,15-,16?,18?/m0/s1. The minimum atomic E-state index is -1.08. The zero-order valence-corrected chi connectivity index (χ0v) is 12.8. The summed E-state index contributed by atoms with van der Waals surface area (Å²) in [7, 11) is 0. The molecule has 3 nitrogen and oxygen atoms in total. The molecule has 23 heavy (non-hydrogen) atoms. The van der Waals surface area contributed by atoms with Crippen molar-refractivity contribution in [2.24, 2.45) is 17.3 Å². The molecule has 3 atom stereocenters. The van der Waals surface area contributed by atoms with Gasteiger partial charge in [-0.3, -0.25) is 4.79 Å². The second-order valence-electron chi connectivity index (χ2n) is 7.35. The molecule has 2 bridgehead atoms. The van der Waals surface area contributed by atoms with Crippen LogP contribution < -0.4 is 0 Å². The van der Waals surface area contributed by atoms with Gasteiger partial charge >= 0.3 is 0 Å². The van der Waals surface area contributed by atoms with Crippen LogP contribution in [0, 0.1) is 23.1 Å². The van der Waals surface area contributed by atoms with E-state index in [4.69, 9.17) is 0 Å². The van der Waals surface area contributed by atoms with Gasteiger partial charge in [-0.05, 0) is 42.9 Å². The van der Waals surface area contributed by atoms with E-state index in [2.05, 4.69) is 0 Å². The largest absolute Gasteiger partial charge is 0.332 e. The number of amides is 1. The maximum absolute atomic E-state index is 14.0. The molecular formula is C18H19F2NO2. The number of carbonyl (C=O) groups excluding carboxylic acids is 2. The lowest BCUT2D eigenvalue weighted by Crippen LogP contribution is -2.37. The Morgan fingerprint density at radius 3 is 2.74 bits per heavy atom. The monoisotopic (exact) mass is 319 g/mol.